The third-order valence-electron chi connectivity index (χ3n) is 4.56. The number of ether oxygens (including phenoxy) is 1. The smallest absolute Gasteiger partial charge is 0.254 e. The van der Waals surface area contributed by atoms with Gasteiger partial charge >= 0.3 is 0 Å². The van der Waals surface area contributed by atoms with Crippen molar-refractivity contribution in [2.24, 2.45) is 5.92 Å². The zero-order valence-corrected chi connectivity index (χ0v) is 15.9. The number of carbonyl (C=O) groups excluding carboxylic acids is 2. The lowest BCUT2D eigenvalue weighted by Crippen LogP contribution is -2.50. The maximum absolute atomic E-state index is 12.6. The summed E-state index contributed by atoms with van der Waals surface area (Å²) >= 11 is 0. The van der Waals surface area contributed by atoms with Gasteiger partial charge < -0.3 is 25.8 Å². The summed E-state index contributed by atoms with van der Waals surface area (Å²) in [6.45, 7) is 2.78. The molecule has 1 fully saturated rings. The predicted octanol–water partition coefficient (Wildman–Crippen LogP) is 0.321. The predicted molar refractivity (Wildman–Crippen MR) is 100 cm³/mol. The van der Waals surface area contributed by atoms with Crippen LogP contribution in [0.1, 0.15) is 43.0 Å². The summed E-state index contributed by atoms with van der Waals surface area (Å²) < 4.78 is 5.90. The van der Waals surface area contributed by atoms with Gasteiger partial charge in [0.1, 0.15) is 0 Å². The molecule has 2 amide bonds. The topological polar surface area (TPSA) is 125 Å². The van der Waals surface area contributed by atoms with Gasteiger partial charge in [0, 0.05) is 38.5 Å². The second kappa shape index (κ2) is 10.8. The van der Waals surface area contributed by atoms with E-state index in [1.165, 1.54) is 12.4 Å². The fourth-order valence-electron chi connectivity index (χ4n) is 3.15. The van der Waals surface area contributed by atoms with Crippen LogP contribution in [0.4, 0.5) is 5.95 Å². The van der Waals surface area contributed by atoms with Crippen molar-refractivity contribution in [3.05, 3.63) is 18.0 Å². The van der Waals surface area contributed by atoms with Crippen LogP contribution in [0.15, 0.2) is 12.4 Å². The molecule has 4 N–H and O–H groups in total. The van der Waals surface area contributed by atoms with Crippen LogP contribution in [0.2, 0.25) is 0 Å². The van der Waals surface area contributed by atoms with Gasteiger partial charge in [0.05, 0.1) is 24.3 Å². The van der Waals surface area contributed by atoms with E-state index in [1.807, 2.05) is 6.92 Å². The Hall–Kier alpha value is -2.26. The summed E-state index contributed by atoms with van der Waals surface area (Å²) in [5.41, 5.74) is 0.357. The highest BCUT2D eigenvalue weighted by atomic mass is 16.5. The van der Waals surface area contributed by atoms with E-state index in [1.54, 1.807) is 7.05 Å². The van der Waals surface area contributed by atoms with Crippen LogP contribution >= 0.6 is 0 Å². The Morgan fingerprint density at radius 2 is 2.04 bits per heavy atom. The number of amides is 2. The molecule has 9 heteroatoms. The Morgan fingerprint density at radius 1 is 1.30 bits per heavy atom. The Balaban J connectivity index is 2.03. The van der Waals surface area contributed by atoms with Crippen LogP contribution in [0, 0.1) is 5.92 Å². The second-order valence-electron chi connectivity index (χ2n) is 6.56. The first-order valence-electron chi connectivity index (χ1n) is 9.39. The van der Waals surface area contributed by atoms with Crippen molar-refractivity contribution >= 4 is 17.8 Å². The molecule has 0 saturated heterocycles. The van der Waals surface area contributed by atoms with Crippen LogP contribution in [0.5, 0.6) is 0 Å². The van der Waals surface area contributed by atoms with Gasteiger partial charge in [-0.15, -0.1) is 0 Å². The van der Waals surface area contributed by atoms with Gasteiger partial charge in [0.25, 0.3) is 5.91 Å². The van der Waals surface area contributed by atoms with E-state index in [9.17, 15) is 9.59 Å². The summed E-state index contributed by atoms with van der Waals surface area (Å²) in [6, 6.07) is -0.272. The van der Waals surface area contributed by atoms with Crippen molar-refractivity contribution in [3.63, 3.8) is 0 Å². The monoisotopic (exact) mass is 379 g/mol. The summed E-state index contributed by atoms with van der Waals surface area (Å²) in [5, 5.41) is 17.4. The minimum absolute atomic E-state index is 0.0938. The first-order valence-corrected chi connectivity index (χ1v) is 9.39. The third kappa shape index (κ3) is 6.14. The molecule has 3 atom stereocenters. The summed E-state index contributed by atoms with van der Waals surface area (Å²) in [7, 11) is 1.70. The van der Waals surface area contributed by atoms with Crippen LogP contribution in [-0.4, -0.2) is 65.8 Å². The van der Waals surface area contributed by atoms with Crippen molar-refractivity contribution in [1.82, 2.24) is 20.6 Å². The summed E-state index contributed by atoms with van der Waals surface area (Å²) in [5.74, 6) is -0.164. The molecular formula is C18H29N5O4. The fraction of sp³-hybridized carbons (Fsp3) is 0.667. The number of nitrogens with zero attached hydrogens (tertiary/aromatic N) is 2. The lowest BCUT2D eigenvalue weighted by atomic mass is 9.83. The Morgan fingerprint density at radius 3 is 2.67 bits per heavy atom. The number of hydrogen-bond acceptors (Lipinski definition) is 7. The molecule has 0 spiro atoms. The first kappa shape index (κ1) is 21.0. The zero-order valence-electron chi connectivity index (χ0n) is 15.9. The lowest BCUT2D eigenvalue weighted by molar-refractivity contribution is -0.127. The average molecular weight is 379 g/mol. The van der Waals surface area contributed by atoms with Crippen molar-refractivity contribution in [2.45, 2.75) is 44.8 Å². The molecule has 2 rings (SSSR count). The van der Waals surface area contributed by atoms with Crippen LogP contribution in [0.3, 0.4) is 0 Å². The maximum atomic E-state index is 12.6. The van der Waals surface area contributed by atoms with Crippen molar-refractivity contribution < 1.29 is 19.4 Å². The van der Waals surface area contributed by atoms with E-state index < -0.39 is 0 Å². The van der Waals surface area contributed by atoms with E-state index in [4.69, 9.17) is 9.84 Å². The number of anilines is 1. The van der Waals surface area contributed by atoms with Gasteiger partial charge in [-0.1, -0.05) is 6.92 Å². The molecule has 1 aliphatic rings. The lowest BCUT2D eigenvalue weighted by Gasteiger charge is -2.36. The Kier molecular flexibility index (Phi) is 8.41. The molecule has 1 aromatic heterocycles. The van der Waals surface area contributed by atoms with Crippen LogP contribution < -0.4 is 16.0 Å². The van der Waals surface area contributed by atoms with Gasteiger partial charge in [-0.2, -0.15) is 0 Å². The van der Waals surface area contributed by atoms with E-state index in [-0.39, 0.29) is 43.0 Å². The van der Waals surface area contributed by atoms with E-state index in [0.717, 1.165) is 6.42 Å². The zero-order chi connectivity index (χ0) is 19.6. The minimum Gasteiger partial charge on any atom is -0.395 e. The standard InChI is InChI=1S/C18H29N5O4/c1-3-8-27-15-5-4-12(16(25)20-6-7-24)9-14(15)23-17(26)13-10-21-18(19-2)22-11-13/h10-12,14-15,24H,3-9H2,1-2H3,(H,20,25)(H,23,26)(H,19,21,22)/t12-,14+,15+/m0/s1. The molecule has 9 nitrogen and oxygen atoms in total. The van der Waals surface area contributed by atoms with E-state index >= 15 is 0 Å². The molecule has 0 aromatic carbocycles. The highest BCUT2D eigenvalue weighted by molar-refractivity contribution is 5.94. The molecule has 0 radical (unpaired) electrons. The largest absolute Gasteiger partial charge is 0.395 e. The van der Waals surface area contributed by atoms with Gasteiger partial charge in [-0.25, -0.2) is 9.97 Å². The first-order chi connectivity index (χ1) is 13.1. The van der Waals surface area contributed by atoms with Crippen molar-refractivity contribution in [1.29, 1.82) is 0 Å². The van der Waals surface area contributed by atoms with Gasteiger partial charge in [0.15, 0.2) is 0 Å². The molecular weight excluding hydrogens is 350 g/mol. The number of carbonyl (C=O) groups is 2. The molecule has 150 valence electrons. The number of hydrogen-bond donors (Lipinski definition) is 4. The molecule has 1 saturated carbocycles. The van der Waals surface area contributed by atoms with Gasteiger partial charge in [0.2, 0.25) is 11.9 Å². The SMILES string of the molecule is CCCO[C@@H]1CC[C@H](C(=O)NCCO)C[C@H]1NC(=O)c1cnc(NC)nc1. The molecule has 1 heterocycles. The van der Waals surface area contributed by atoms with Gasteiger partial charge in [-0.3, -0.25) is 9.59 Å². The minimum atomic E-state index is -0.288. The highest BCUT2D eigenvalue weighted by Crippen LogP contribution is 2.27. The molecule has 0 unspecified atom stereocenters. The quantitative estimate of drug-likeness (QED) is 0.487. The number of rotatable bonds is 9. The Labute approximate surface area is 159 Å². The number of aromatic nitrogens is 2. The summed E-state index contributed by atoms with van der Waals surface area (Å²) in [6.07, 6.45) is 5.56. The second-order valence-corrected chi connectivity index (χ2v) is 6.56. The third-order valence-corrected chi connectivity index (χ3v) is 4.56. The number of aliphatic hydroxyl groups excluding tert-OH is 1. The molecule has 27 heavy (non-hydrogen) atoms. The average Bonchev–Trinajstić information content (AvgIpc) is 2.71. The van der Waals surface area contributed by atoms with Crippen LogP contribution in [-0.2, 0) is 9.53 Å². The van der Waals surface area contributed by atoms with E-state index in [0.29, 0.717) is 37.4 Å². The highest BCUT2D eigenvalue weighted by Gasteiger charge is 2.35. The number of nitrogens with one attached hydrogen (secondary N) is 3. The fourth-order valence-corrected chi connectivity index (χ4v) is 3.15. The van der Waals surface area contributed by atoms with Crippen LogP contribution in [0.25, 0.3) is 0 Å². The van der Waals surface area contributed by atoms with Gasteiger partial charge in [-0.05, 0) is 25.7 Å². The molecule has 0 aliphatic heterocycles. The summed E-state index contributed by atoms with van der Waals surface area (Å²) in [4.78, 5) is 32.9. The maximum Gasteiger partial charge on any atom is 0.254 e. The molecule has 1 aliphatic carbocycles. The normalized spacial score (nSPS) is 22.1. The number of aliphatic hydroxyl groups is 1. The van der Waals surface area contributed by atoms with E-state index in [2.05, 4.69) is 25.9 Å². The molecule has 0 bridgehead atoms. The Bertz CT molecular complexity index is 610. The van der Waals surface area contributed by atoms with Crippen molar-refractivity contribution in [2.75, 3.05) is 32.1 Å². The molecule has 1 aromatic rings. The van der Waals surface area contributed by atoms with Crippen molar-refractivity contribution in [3.8, 4) is 0 Å².